The van der Waals surface area contributed by atoms with E-state index in [2.05, 4.69) is 4.99 Å². The van der Waals surface area contributed by atoms with Gasteiger partial charge in [0.15, 0.2) is 0 Å². The van der Waals surface area contributed by atoms with Gasteiger partial charge in [0.2, 0.25) is 0 Å². The van der Waals surface area contributed by atoms with Crippen molar-refractivity contribution in [3.8, 4) is 0 Å². The van der Waals surface area contributed by atoms with Gasteiger partial charge in [-0.2, -0.15) is 4.99 Å². The van der Waals surface area contributed by atoms with Crippen LogP contribution in [-0.2, 0) is 4.79 Å². The zero-order valence-corrected chi connectivity index (χ0v) is 12.7. The summed E-state index contributed by atoms with van der Waals surface area (Å²) in [6.07, 6.45) is 6.58. The second-order valence-corrected chi connectivity index (χ2v) is 6.70. The van der Waals surface area contributed by atoms with Gasteiger partial charge in [-0.3, -0.25) is 14.5 Å². The zero-order valence-electron chi connectivity index (χ0n) is 11.9. The number of amidine groups is 1. The molecule has 0 saturated heterocycles. The Hall–Kier alpha value is -1.62. The van der Waals surface area contributed by atoms with Gasteiger partial charge in [-0.1, -0.05) is 25.3 Å². The Morgan fingerprint density at radius 2 is 1.95 bits per heavy atom. The summed E-state index contributed by atoms with van der Waals surface area (Å²) in [5.41, 5.74) is 0.850. The number of rotatable bonds is 1. The third-order valence-corrected chi connectivity index (χ3v) is 5.61. The zero-order chi connectivity index (χ0) is 14.6. The summed E-state index contributed by atoms with van der Waals surface area (Å²) in [4.78, 5) is 32.4. The minimum atomic E-state index is -0.695. The molecule has 2 aliphatic heterocycles. The van der Waals surface area contributed by atoms with Crippen LogP contribution in [0.5, 0.6) is 0 Å². The van der Waals surface area contributed by atoms with Gasteiger partial charge in [0.25, 0.3) is 11.8 Å². The van der Waals surface area contributed by atoms with Crippen molar-refractivity contribution in [2.24, 2.45) is 4.99 Å². The first kappa shape index (κ1) is 13.1. The average molecular weight is 300 g/mol. The highest BCUT2D eigenvalue weighted by Gasteiger charge is 2.57. The van der Waals surface area contributed by atoms with E-state index in [1.54, 1.807) is 16.7 Å². The van der Waals surface area contributed by atoms with E-state index in [0.717, 1.165) is 42.6 Å². The van der Waals surface area contributed by atoms with Crippen LogP contribution in [0.25, 0.3) is 0 Å². The minimum absolute atomic E-state index is 0.0487. The lowest BCUT2D eigenvalue weighted by Gasteiger charge is -2.37. The van der Waals surface area contributed by atoms with E-state index in [4.69, 9.17) is 0 Å². The molecule has 1 aromatic rings. The molecular weight excluding hydrogens is 284 g/mol. The van der Waals surface area contributed by atoms with Crippen LogP contribution in [0.1, 0.15) is 48.0 Å². The van der Waals surface area contributed by atoms with E-state index in [1.165, 1.54) is 0 Å². The molecule has 0 N–H and O–H groups in total. The summed E-state index contributed by atoms with van der Waals surface area (Å²) in [6, 6.07) is 5.74. The summed E-state index contributed by atoms with van der Waals surface area (Å²) < 4.78 is 0. The first-order chi connectivity index (χ1) is 10.2. The first-order valence-electron chi connectivity index (χ1n) is 7.34. The fourth-order valence-corrected chi connectivity index (χ4v) is 4.43. The van der Waals surface area contributed by atoms with Crippen molar-refractivity contribution in [1.29, 1.82) is 0 Å². The second-order valence-electron chi connectivity index (χ2n) is 5.86. The Labute approximate surface area is 127 Å². The van der Waals surface area contributed by atoms with Crippen molar-refractivity contribution in [2.75, 3.05) is 6.26 Å². The fraction of sp³-hybridized carbons (Fsp3) is 0.438. The fourth-order valence-electron chi connectivity index (χ4n) is 3.81. The van der Waals surface area contributed by atoms with Crippen molar-refractivity contribution in [2.45, 2.75) is 42.5 Å². The third-order valence-electron chi connectivity index (χ3n) is 4.83. The smallest absolute Gasteiger partial charge is 0.274 e. The normalized spacial score (nSPS) is 22.5. The molecule has 3 aliphatic rings. The van der Waals surface area contributed by atoms with Gasteiger partial charge in [0.05, 0.1) is 5.56 Å². The molecule has 0 unspecified atom stereocenters. The molecule has 1 saturated carbocycles. The van der Waals surface area contributed by atoms with E-state index < -0.39 is 5.54 Å². The van der Waals surface area contributed by atoms with Crippen molar-refractivity contribution in [1.82, 2.24) is 4.90 Å². The molecule has 1 aromatic carbocycles. The quantitative estimate of drug-likeness (QED) is 0.749. The highest BCUT2D eigenvalue weighted by Crippen LogP contribution is 2.45. The number of hydrogen-bond acceptors (Lipinski definition) is 3. The predicted molar refractivity (Wildman–Crippen MR) is 81.8 cm³/mol. The van der Waals surface area contributed by atoms with Crippen LogP contribution in [0.4, 0.5) is 0 Å². The molecule has 1 fully saturated rings. The van der Waals surface area contributed by atoms with E-state index in [0.29, 0.717) is 11.4 Å². The topological polar surface area (TPSA) is 49.7 Å². The number of nitrogens with zero attached hydrogens (tertiary/aromatic N) is 2. The van der Waals surface area contributed by atoms with Crippen molar-refractivity contribution < 1.29 is 9.59 Å². The van der Waals surface area contributed by atoms with Gasteiger partial charge < -0.3 is 0 Å². The van der Waals surface area contributed by atoms with Gasteiger partial charge in [0, 0.05) is 10.5 Å². The molecule has 0 atom stereocenters. The maximum Gasteiger partial charge on any atom is 0.274 e. The molecular formula is C16H16N2O2S. The minimum Gasteiger partial charge on any atom is -0.276 e. The van der Waals surface area contributed by atoms with E-state index in [-0.39, 0.29) is 11.8 Å². The lowest BCUT2D eigenvalue weighted by atomic mass is 9.80. The summed E-state index contributed by atoms with van der Waals surface area (Å²) in [6.45, 7) is 0. The standard InChI is InChI=1S/C16H16N2O2S/c1-21-11-7-5-6-10-12(11)13-17-15(20)16(18(13)14(10)19)8-3-2-4-9-16/h5-7H,2-4,8-9H2,1H3. The predicted octanol–water partition coefficient (Wildman–Crippen LogP) is 2.85. The van der Waals surface area contributed by atoms with Crippen LogP contribution in [0, 0.1) is 0 Å². The summed E-state index contributed by atoms with van der Waals surface area (Å²) >= 11 is 1.59. The largest absolute Gasteiger partial charge is 0.276 e. The van der Waals surface area contributed by atoms with Gasteiger partial charge >= 0.3 is 0 Å². The lowest BCUT2D eigenvalue weighted by Crippen LogP contribution is -2.53. The Morgan fingerprint density at radius 3 is 2.67 bits per heavy atom. The summed E-state index contributed by atoms with van der Waals surface area (Å²) in [7, 11) is 0. The number of carbonyl (C=O) groups is 2. The van der Waals surface area contributed by atoms with E-state index >= 15 is 0 Å². The maximum absolute atomic E-state index is 12.8. The summed E-state index contributed by atoms with van der Waals surface area (Å²) in [5.74, 6) is 0.423. The van der Waals surface area contributed by atoms with Crippen LogP contribution in [0.2, 0.25) is 0 Å². The molecule has 5 heteroatoms. The Kier molecular flexibility index (Phi) is 2.76. The number of thioether (sulfide) groups is 1. The molecule has 4 rings (SSSR count). The van der Waals surface area contributed by atoms with Gasteiger partial charge in [-0.15, -0.1) is 11.8 Å². The Balaban J connectivity index is 1.90. The Bertz CT molecular complexity index is 690. The number of amides is 2. The summed E-state index contributed by atoms with van der Waals surface area (Å²) in [5, 5.41) is 0. The molecule has 4 nitrogen and oxygen atoms in total. The van der Waals surface area contributed by atoms with Gasteiger partial charge in [-0.05, 0) is 31.2 Å². The molecule has 0 aromatic heterocycles. The number of hydrogen-bond donors (Lipinski definition) is 0. The van der Waals surface area contributed by atoms with Crippen LogP contribution in [0.15, 0.2) is 28.1 Å². The van der Waals surface area contributed by atoms with E-state index in [1.807, 2.05) is 24.5 Å². The van der Waals surface area contributed by atoms with Crippen molar-refractivity contribution in [3.05, 3.63) is 29.3 Å². The highest BCUT2D eigenvalue weighted by atomic mass is 32.2. The number of carbonyl (C=O) groups excluding carboxylic acids is 2. The van der Waals surface area contributed by atoms with Crippen LogP contribution >= 0.6 is 11.8 Å². The molecule has 108 valence electrons. The van der Waals surface area contributed by atoms with Crippen LogP contribution < -0.4 is 0 Å². The van der Waals surface area contributed by atoms with Crippen molar-refractivity contribution in [3.63, 3.8) is 0 Å². The Morgan fingerprint density at radius 1 is 1.19 bits per heavy atom. The van der Waals surface area contributed by atoms with Crippen LogP contribution in [0.3, 0.4) is 0 Å². The molecule has 0 bridgehead atoms. The number of benzene rings is 1. The molecule has 2 amide bonds. The maximum atomic E-state index is 12.8. The number of aliphatic imine (C=N–C) groups is 1. The molecule has 21 heavy (non-hydrogen) atoms. The first-order valence-corrected chi connectivity index (χ1v) is 8.56. The highest BCUT2D eigenvalue weighted by molar-refractivity contribution is 7.98. The SMILES string of the molecule is CSc1cccc2c1C1=NC(=O)C3(CCCCC3)N1C2=O. The van der Waals surface area contributed by atoms with E-state index in [9.17, 15) is 9.59 Å². The van der Waals surface area contributed by atoms with Crippen molar-refractivity contribution >= 4 is 29.4 Å². The van der Waals surface area contributed by atoms with Crippen LogP contribution in [-0.4, -0.2) is 34.3 Å². The monoisotopic (exact) mass is 300 g/mol. The van der Waals surface area contributed by atoms with Gasteiger partial charge in [0.1, 0.15) is 11.4 Å². The molecule has 1 aliphatic carbocycles. The lowest BCUT2D eigenvalue weighted by molar-refractivity contribution is -0.126. The molecule has 0 radical (unpaired) electrons. The van der Waals surface area contributed by atoms with Gasteiger partial charge in [-0.25, -0.2) is 0 Å². The number of fused-ring (bicyclic) bond motifs is 4. The molecule has 1 spiro atoms. The second kappa shape index (κ2) is 4.44. The average Bonchev–Trinajstić information content (AvgIpc) is 2.95. The molecule has 2 heterocycles. The third kappa shape index (κ3) is 1.55.